The molecular weight excluding hydrogens is 212 g/mol. The first-order chi connectivity index (χ1) is 8.19. The van der Waals surface area contributed by atoms with Crippen LogP contribution in [0.1, 0.15) is 36.7 Å². The Bertz CT molecular complexity index is 531. The van der Waals surface area contributed by atoms with E-state index in [9.17, 15) is 0 Å². The third-order valence-electron chi connectivity index (χ3n) is 2.63. The summed E-state index contributed by atoms with van der Waals surface area (Å²) in [5.74, 6) is 0.754. The van der Waals surface area contributed by atoms with Crippen molar-refractivity contribution in [3.8, 4) is 6.07 Å². The van der Waals surface area contributed by atoms with Gasteiger partial charge in [0.25, 0.3) is 5.82 Å². The second-order valence-electron chi connectivity index (χ2n) is 4.27. The Morgan fingerprint density at radius 3 is 2.53 bits per heavy atom. The maximum absolute atomic E-state index is 8.63. The molecule has 0 aliphatic carbocycles. The van der Waals surface area contributed by atoms with E-state index < -0.39 is 0 Å². The van der Waals surface area contributed by atoms with Gasteiger partial charge in [-0.15, -0.1) is 5.10 Å². The molecule has 0 aliphatic rings. The van der Waals surface area contributed by atoms with E-state index in [-0.39, 0.29) is 5.82 Å². The van der Waals surface area contributed by atoms with E-state index in [1.807, 2.05) is 6.07 Å². The molecule has 0 N–H and O–H groups in total. The molecule has 0 bridgehead atoms. The summed E-state index contributed by atoms with van der Waals surface area (Å²) in [5, 5.41) is 12.7. The first-order valence-electron chi connectivity index (χ1n) is 5.57. The fourth-order valence-electron chi connectivity index (χ4n) is 1.62. The first-order valence-corrected chi connectivity index (χ1v) is 5.57. The molecule has 86 valence electrons. The summed E-state index contributed by atoms with van der Waals surface area (Å²) < 4.78 is 1.67. The molecule has 0 atom stereocenters. The van der Waals surface area contributed by atoms with E-state index in [1.54, 1.807) is 11.0 Å². The zero-order chi connectivity index (χ0) is 12.3. The molecule has 1 aromatic carbocycles. The van der Waals surface area contributed by atoms with Crippen molar-refractivity contribution in [2.75, 3.05) is 0 Å². The third kappa shape index (κ3) is 2.70. The van der Waals surface area contributed by atoms with Gasteiger partial charge in [-0.25, -0.2) is 9.67 Å². The van der Waals surface area contributed by atoms with E-state index in [2.05, 4.69) is 48.2 Å². The first kappa shape index (κ1) is 11.3. The summed E-state index contributed by atoms with van der Waals surface area (Å²) in [6.07, 6.45) is 1.58. The molecule has 0 fully saturated rings. The van der Waals surface area contributed by atoms with E-state index >= 15 is 0 Å². The van der Waals surface area contributed by atoms with Crippen molar-refractivity contribution >= 4 is 0 Å². The molecular formula is C13H14N4. The number of rotatable bonds is 3. The van der Waals surface area contributed by atoms with Crippen LogP contribution in [0.2, 0.25) is 0 Å². The number of hydrogen-bond acceptors (Lipinski definition) is 3. The summed E-state index contributed by atoms with van der Waals surface area (Å²) in [6.45, 7) is 4.99. The molecule has 0 amide bonds. The van der Waals surface area contributed by atoms with Gasteiger partial charge in [0.2, 0.25) is 0 Å². The Morgan fingerprint density at radius 1 is 1.29 bits per heavy atom. The Labute approximate surface area is 101 Å². The minimum Gasteiger partial charge on any atom is -0.247 e. The highest BCUT2D eigenvalue weighted by atomic mass is 15.3. The van der Waals surface area contributed by atoms with Crippen molar-refractivity contribution in [2.24, 2.45) is 0 Å². The Morgan fingerprint density at radius 2 is 2.00 bits per heavy atom. The van der Waals surface area contributed by atoms with E-state index in [1.165, 1.54) is 5.56 Å². The van der Waals surface area contributed by atoms with Crippen molar-refractivity contribution in [3.05, 3.63) is 47.5 Å². The SMILES string of the molecule is CC(C)c1ccc(Cn2cnc(C#N)n2)cc1. The number of aromatic nitrogens is 3. The van der Waals surface area contributed by atoms with Crippen molar-refractivity contribution in [2.45, 2.75) is 26.3 Å². The van der Waals surface area contributed by atoms with Crippen LogP contribution in [0.25, 0.3) is 0 Å². The zero-order valence-corrected chi connectivity index (χ0v) is 9.96. The lowest BCUT2D eigenvalue weighted by molar-refractivity contribution is 0.682. The highest BCUT2D eigenvalue weighted by Crippen LogP contribution is 2.15. The molecule has 0 saturated heterocycles. The van der Waals surface area contributed by atoms with Crippen molar-refractivity contribution < 1.29 is 0 Å². The predicted molar refractivity (Wildman–Crippen MR) is 64.4 cm³/mol. The number of benzene rings is 1. The Hall–Kier alpha value is -2.15. The van der Waals surface area contributed by atoms with Crippen molar-refractivity contribution in [3.63, 3.8) is 0 Å². The summed E-state index contributed by atoms with van der Waals surface area (Å²) >= 11 is 0. The largest absolute Gasteiger partial charge is 0.252 e. The van der Waals surface area contributed by atoms with Gasteiger partial charge in [0.1, 0.15) is 12.4 Å². The van der Waals surface area contributed by atoms with Gasteiger partial charge in [-0.3, -0.25) is 0 Å². The summed E-state index contributed by atoms with van der Waals surface area (Å²) in [7, 11) is 0. The molecule has 4 heteroatoms. The van der Waals surface area contributed by atoms with Crippen LogP contribution in [-0.4, -0.2) is 14.8 Å². The normalized spacial score (nSPS) is 10.5. The van der Waals surface area contributed by atoms with Gasteiger partial charge in [-0.1, -0.05) is 38.1 Å². The molecule has 1 aromatic heterocycles. The molecule has 0 aliphatic heterocycles. The molecule has 4 nitrogen and oxygen atoms in total. The van der Waals surface area contributed by atoms with E-state index in [0.717, 1.165) is 5.56 Å². The van der Waals surface area contributed by atoms with E-state index in [4.69, 9.17) is 5.26 Å². The fraction of sp³-hybridized carbons (Fsp3) is 0.308. The van der Waals surface area contributed by atoms with Crippen LogP contribution in [-0.2, 0) is 6.54 Å². The minimum absolute atomic E-state index is 0.212. The van der Waals surface area contributed by atoms with Gasteiger partial charge in [-0.2, -0.15) is 5.26 Å². The Balaban J connectivity index is 2.11. The van der Waals surface area contributed by atoms with Gasteiger partial charge in [0.15, 0.2) is 0 Å². The average molecular weight is 226 g/mol. The second kappa shape index (κ2) is 4.79. The molecule has 1 heterocycles. The monoisotopic (exact) mass is 226 g/mol. The summed E-state index contributed by atoms with van der Waals surface area (Å²) in [4.78, 5) is 3.87. The highest BCUT2D eigenvalue weighted by molar-refractivity contribution is 5.24. The van der Waals surface area contributed by atoms with Gasteiger partial charge >= 0.3 is 0 Å². The van der Waals surface area contributed by atoms with Crippen LogP contribution in [0.5, 0.6) is 0 Å². The maximum atomic E-state index is 8.63. The molecule has 2 rings (SSSR count). The topological polar surface area (TPSA) is 54.5 Å². The summed E-state index contributed by atoms with van der Waals surface area (Å²) in [5.41, 5.74) is 2.48. The van der Waals surface area contributed by atoms with Crippen LogP contribution in [0.3, 0.4) is 0 Å². The van der Waals surface area contributed by atoms with Crippen LogP contribution >= 0.6 is 0 Å². The van der Waals surface area contributed by atoms with E-state index in [0.29, 0.717) is 12.5 Å². The number of hydrogen-bond donors (Lipinski definition) is 0. The second-order valence-corrected chi connectivity index (χ2v) is 4.27. The van der Waals surface area contributed by atoms with Gasteiger partial charge in [0, 0.05) is 0 Å². The smallest absolute Gasteiger partial charge is 0.247 e. The van der Waals surface area contributed by atoms with Crippen molar-refractivity contribution in [1.82, 2.24) is 14.8 Å². The van der Waals surface area contributed by atoms with Crippen LogP contribution in [0, 0.1) is 11.3 Å². The van der Waals surface area contributed by atoms with Gasteiger partial charge in [-0.05, 0) is 17.0 Å². The fourth-order valence-corrected chi connectivity index (χ4v) is 1.62. The lowest BCUT2D eigenvalue weighted by atomic mass is 10.0. The highest BCUT2D eigenvalue weighted by Gasteiger charge is 2.02. The standard InChI is InChI=1S/C13H14N4/c1-10(2)12-5-3-11(4-6-12)8-17-9-15-13(7-14)16-17/h3-6,9-10H,8H2,1-2H3. The lowest BCUT2D eigenvalue weighted by Crippen LogP contribution is -2.00. The predicted octanol–water partition coefficient (Wildman–Crippen LogP) is 2.32. The van der Waals surface area contributed by atoms with Crippen LogP contribution in [0.15, 0.2) is 30.6 Å². The molecule has 0 spiro atoms. The zero-order valence-electron chi connectivity index (χ0n) is 9.96. The molecule has 0 saturated carbocycles. The molecule has 2 aromatic rings. The minimum atomic E-state index is 0.212. The third-order valence-corrected chi connectivity index (χ3v) is 2.63. The van der Waals surface area contributed by atoms with Crippen LogP contribution < -0.4 is 0 Å². The summed E-state index contributed by atoms with van der Waals surface area (Å²) in [6, 6.07) is 10.3. The van der Waals surface area contributed by atoms with Gasteiger partial charge in [0.05, 0.1) is 6.54 Å². The van der Waals surface area contributed by atoms with Crippen molar-refractivity contribution in [1.29, 1.82) is 5.26 Å². The number of nitrogens with zero attached hydrogens (tertiary/aromatic N) is 4. The maximum Gasteiger partial charge on any atom is 0.252 e. The average Bonchev–Trinajstić information content (AvgIpc) is 2.77. The molecule has 17 heavy (non-hydrogen) atoms. The van der Waals surface area contributed by atoms with Crippen LogP contribution in [0.4, 0.5) is 0 Å². The Kier molecular flexibility index (Phi) is 3.20. The number of nitriles is 1. The lowest BCUT2D eigenvalue weighted by Gasteiger charge is -2.06. The van der Waals surface area contributed by atoms with Gasteiger partial charge < -0.3 is 0 Å². The quantitative estimate of drug-likeness (QED) is 0.807. The molecule has 0 radical (unpaired) electrons. The molecule has 0 unspecified atom stereocenters.